The molecule has 0 fully saturated rings. The maximum atomic E-state index is 10.7. The molecule has 0 heterocycles. The summed E-state index contributed by atoms with van der Waals surface area (Å²) in [6, 6.07) is 0. The van der Waals surface area contributed by atoms with Gasteiger partial charge in [0.1, 0.15) is 18.9 Å². The van der Waals surface area contributed by atoms with Gasteiger partial charge in [0.25, 0.3) is 0 Å². The van der Waals surface area contributed by atoms with E-state index in [1.807, 2.05) is 0 Å². The minimum Gasteiger partial charge on any atom is -0.501 e. The van der Waals surface area contributed by atoms with Crippen molar-refractivity contribution in [3.8, 4) is 0 Å². The van der Waals surface area contributed by atoms with Crippen molar-refractivity contribution in [2.24, 2.45) is 0 Å². The Kier molecular flexibility index (Phi) is 5.42. The van der Waals surface area contributed by atoms with Gasteiger partial charge in [-0.25, -0.2) is 0 Å². The number of ether oxygens (including phenoxy) is 3. The molecule has 0 saturated heterocycles. The fourth-order valence-electron chi connectivity index (χ4n) is 0.391. The van der Waals surface area contributed by atoms with Gasteiger partial charge in [-0.2, -0.15) is 0 Å². The summed E-state index contributed by atoms with van der Waals surface area (Å²) in [7, 11) is 2.60. The van der Waals surface area contributed by atoms with E-state index in [9.17, 15) is 9.59 Å². The zero-order valence-corrected chi connectivity index (χ0v) is 6.90. The first kappa shape index (κ1) is 10.5. The predicted octanol–water partition coefficient (Wildman–Crippen LogP) is 0.210. The molecule has 0 aromatic heterocycles. The number of esters is 2. The van der Waals surface area contributed by atoms with Crippen LogP contribution in [0.5, 0.6) is 0 Å². The summed E-state index contributed by atoms with van der Waals surface area (Å²) in [4.78, 5) is 21.1. The maximum absolute atomic E-state index is 10.7. The molecule has 0 aliphatic carbocycles. The van der Waals surface area contributed by atoms with Crippen LogP contribution in [0.15, 0.2) is 12.5 Å². The zero-order chi connectivity index (χ0) is 9.40. The van der Waals surface area contributed by atoms with Gasteiger partial charge in [0.15, 0.2) is 0 Å². The van der Waals surface area contributed by atoms with E-state index >= 15 is 0 Å². The second-order valence-corrected chi connectivity index (χ2v) is 1.75. The highest BCUT2D eigenvalue weighted by Crippen LogP contribution is 1.89. The van der Waals surface area contributed by atoms with E-state index < -0.39 is 18.4 Å². The van der Waals surface area contributed by atoms with Gasteiger partial charge in [0.05, 0.1) is 14.2 Å². The van der Waals surface area contributed by atoms with Gasteiger partial charge in [-0.3, -0.25) is 9.59 Å². The molecule has 5 nitrogen and oxygen atoms in total. The molecule has 0 aromatic rings. The largest absolute Gasteiger partial charge is 0.501 e. The SMILES string of the molecule is CO/C=C/OC(=O)CC(=O)OC. The molecule has 0 aliphatic rings. The minimum atomic E-state index is -0.685. The van der Waals surface area contributed by atoms with Gasteiger partial charge in [0.2, 0.25) is 0 Å². The third kappa shape index (κ3) is 5.28. The van der Waals surface area contributed by atoms with Crippen LogP contribution in [0, 0.1) is 0 Å². The topological polar surface area (TPSA) is 61.8 Å². The molecule has 12 heavy (non-hydrogen) atoms. The number of rotatable bonds is 4. The molecule has 0 radical (unpaired) electrons. The lowest BCUT2D eigenvalue weighted by atomic mass is 10.4. The smallest absolute Gasteiger partial charge is 0.322 e. The summed E-state index contributed by atoms with van der Waals surface area (Å²) >= 11 is 0. The Balaban J connectivity index is 3.60. The van der Waals surface area contributed by atoms with Gasteiger partial charge >= 0.3 is 11.9 Å². The van der Waals surface area contributed by atoms with Crippen LogP contribution in [0.1, 0.15) is 6.42 Å². The number of hydrogen-bond donors (Lipinski definition) is 0. The normalized spacial score (nSPS) is 9.50. The van der Waals surface area contributed by atoms with Crippen LogP contribution < -0.4 is 0 Å². The predicted molar refractivity (Wildman–Crippen MR) is 38.9 cm³/mol. The Hall–Kier alpha value is -1.52. The monoisotopic (exact) mass is 174 g/mol. The van der Waals surface area contributed by atoms with E-state index in [4.69, 9.17) is 0 Å². The van der Waals surface area contributed by atoms with E-state index in [2.05, 4.69) is 14.2 Å². The first-order chi connectivity index (χ1) is 5.70. The molecular weight excluding hydrogens is 164 g/mol. The van der Waals surface area contributed by atoms with Gasteiger partial charge in [-0.05, 0) is 0 Å². The van der Waals surface area contributed by atoms with E-state index in [0.717, 1.165) is 6.26 Å². The minimum absolute atomic E-state index is 0.398. The standard InChI is InChI=1S/C7H10O5/c1-10-3-4-12-7(9)5-6(8)11-2/h3-4H,5H2,1-2H3/b4-3+. The molecular formula is C7H10O5. The van der Waals surface area contributed by atoms with Crippen molar-refractivity contribution in [1.29, 1.82) is 0 Å². The molecule has 0 rings (SSSR count). The molecule has 68 valence electrons. The van der Waals surface area contributed by atoms with Crippen molar-refractivity contribution in [2.45, 2.75) is 6.42 Å². The molecule has 0 aromatic carbocycles. The molecule has 0 amide bonds. The molecule has 5 heteroatoms. The van der Waals surface area contributed by atoms with Crippen LogP contribution in [-0.4, -0.2) is 26.2 Å². The van der Waals surface area contributed by atoms with Crippen molar-refractivity contribution in [2.75, 3.05) is 14.2 Å². The first-order valence-electron chi connectivity index (χ1n) is 3.14. The Bertz CT molecular complexity index is 184. The summed E-state index contributed by atoms with van der Waals surface area (Å²) < 4.78 is 13.1. The second-order valence-electron chi connectivity index (χ2n) is 1.75. The third-order valence-electron chi connectivity index (χ3n) is 0.907. The van der Waals surface area contributed by atoms with Crippen molar-refractivity contribution in [1.82, 2.24) is 0 Å². The molecule has 0 bridgehead atoms. The summed E-state index contributed by atoms with van der Waals surface area (Å²) in [5.74, 6) is -1.32. The lowest BCUT2D eigenvalue weighted by Crippen LogP contribution is -2.09. The van der Waals surface area contributed by atoms with Crippen LogP contribution in [0.3, 0.4) is 0 Å². The maximum Gasteiger partial charge on any atom is 0.322 e. The quantitative estimate of drug-likeness (QED) is 0.346. The van der Waals surface area contributed by atoms with Crippen molar-refractivity contribution >= 4 is 11.9 Å². The number of methoxy groups -OCH3 is 2. The summed E-state index contributed by atoms with van der Waals surface area (Å²) in [5, 5.41) is 0. The van der Waals surface area contributed by atoms with Crippen LogP contribution in [-0.2, 0) is 23.8 Å². The highest BCUT2D eigenvalue weighted by Gasteiger charge is 2.08. The Morgan fingerprint density at radius 3 is 2.33 bits per heavy atom. The Labute approximate surface area is 69.9 Å². The van der Waals surface area contributed by atoms with Gasteiger partial charge in [0, 0.05) is 0 Å². The lowest BCUT2D eigenvalue weighted by Gasteiger charge is -1.96. The zero-order valence-electron chi connectivity index (χ0n) is 6.90. The fraction of sp³-hybridized carbons (Fsp3) is 0.429. The highest BCUT2D eigenvalue weighted by molar-refractivity contribution is 5.91. The van der Waals surface area contributed by atoms with Crippen LogP contribution in [0.25, 0.3) is 0 Å². The van der Waals surface area contributed by atoms with E-state index in [1.54, 1.807) is 0 Å². The van der Waals surface area contributed by atoms with Gasteiger partial charge < -0.3 is 14.2 Å². The molecule has 0 unspecified atom stereocenters. The van der Waals surface area contributed by atoms with E-state index in [0.29, 0.717) is 0 Å². The average Bonchev–Trinajstić information content (AvgIpc) is 2.05. The second kappa shape index (κ2) is 6.21. The lowest BCUT2D eigenvalue weighted by molar-refractivity contribution is -0.149. The molecule has 0 aliphatic heterocycles. The number of carbonyl (C=O) groups is 2. The highest BCUT2D eigenvalue weighted by atomic mass is 16.6. The third-order valence-corrected chi connectivity index (χ3v) is 0.907. The first-order valence-corrected chi connectivity index (χ1v) is 3.14. The summed E-state index contributed by atoms with van der Waals surface area (Å²) in [5.41, 5.74) is 0. The number of carbonyl (C=O) groups excluding carboxylic acids is 2. The molecule has 0 spiro atoms. The summed E-state index contributed by atoms with van der Waals surface area (Å²) in [6.45, 7) is 0. The molecule has 0 atom stereocenters. The van der Waals surface area contributed by atoms with Gasteiger partial charge in [-0.1, -0.05) is 0 Å². The average molecular weight is 174 g/mol. The van der Waals surface area contributed by atoms with E-state index in [-0.39, 0.29) is 0 Å². The van der Waals surface area contributed by atoms with E-state index in [1.165, 1.54) is 20.5 Å². The fourth-order valence-corrected chi connectivity index (χ4v) is 0.391. The number of hydrogen-bond acceptors (Lipinski definition) is 5. The Morgan fingerprint density at radius 1 is 1.17 bits per heavy atom. The van der Waals surface area contributed by atoms with Crippen LogP contribution >= 0.6 is 0 Å². The Morgan fingerprint density at radius 2 is 1.83 bits per heavy atom. The molecule has 0 N–H and O–H groups in total. The van der Waals surface area contributed by atoms with Crippen molar-refractivity contribution in [3.05, 3.63) is 12.5 Å². The van der Waals surface area contributed by atoms with Gasteiger partial charge in [-0.15, -0.1) is 0 Å². The summed E-state index contributed by atoms with van der Waals surface area (Å²) in [6.07, 6.45) is 1.82. The van der Waals surface area contributed by atoms with Crippen molar-refractivity contribution in [3.63, 3.8) is 0 Å². The van der Waals surface area contributed by atoms with Crippen molar-refractivity contribution < 1.29 is 23.8 Å². The van der Waals surface area contributed by atoms with Crippen LogP contribution in [0.4, 0.5) is 0 Å². The molecule has 0 saturated carbocycles. The van der Waals surface area contributed by atoms with Crippen LogP contribution in [0.2, 0.25) is 0 Å².